The van der Waals surface area contributed by atoms with Gasteiger partial charge in [-0.15, -0.1) is 0 Å². The zero-order valence-electron chi connectivity index (χ0n) is 19.4. The first-order chi connectivity index (χ1) is 17.6. The normalized spacial score (nSPS) is 11.4. The van der Waals surface area contributed by atoms with Crippen molar-refractivity contribution in [2.24, 2.45) is 5.10 Å². The van der Waals surface area contributed by atoms with Gasteiger partial charge in [-0.05, 0) is 54.4 Å². The summed E-state index contributed by atoms with van der Waals surface area (Å²) in [5, 5.41) is 15.0. The Morgan fingerprint density at radius 1 is 1.05 bits per heavy atom. The summed E-state index contributed by atoms with van der Waals surface area (Å²) in [6, 6.07) is 12.7. The molecule has 194 valence electrons. The van der Waals surface area contributed by atoms with Crippen molar-refractivity contribution in [2.75, 3.05) is 6.61 Å². The minimum atomic E-state index is -4.75. The van der Waals surface area contributed by atoms with Crippen molar-refractivity contribution in [1.82, 2.24) is 5.43 Å². The van der Waals surface area contributed by atoms with Crippen molar-refractivity contribution in [3.63, 3.8) is 0 Å². The first kappa shape index (κ1) is 27.1. The van der Waals surface area contributed by atoms with E-state index in [0.29, 0.717) is 35.8 Å². The van der Waals surface area contributed by atoms with Crippen LogP contribution in [0.2, 0.25) is 0 Å². The highest BCUT2D eigenvalue weighted by atomic mass is 19.4. The van der Waals surface area contributed by atoms with Crippen LogP contribution in [0.15, 0.2) is 65.8 Å². The van der Waals surface area contributed by atoms with Gasteiger partial charge in [0.1, 0.15) is 12.4 Å². The van der Waals surface area contributed by atoms with Gasteiger partial charge in [-0.25, -0.2) is 9.82 Å². The summed E-state index contributed by atoms with van der Waals surface area (Å²) in [4.78, 5) is 22.4. The fraction of sp³-hybridized carbons (Fsp3) is 0.200. The van der Waals surface area contributed by atoms with E-state index in [0.717, 1.165) is 11.6 Å². The summed E-state index contributed by atoms with van der Waals surface area (Å²) in [7, 11) is 0. The Balaban J connectivity index is 1.65. The van der Waals surface area contributed by atoms with E-state index in [-0.39, 0.29) is 18.0 Å². The molecule has 0 atom stereocenters. The van der Waals surface area contributed by atoms with Gasteiger partial charge < -0.3 is 9.47 Å². The number of alkyl halides is 3. The van der Waals surface area contributed by atoms with Gasteiger partial charge in [-0.3, -0.25) is 14.9 Å². The van der Waals surface area contributed by atoms with E-state index in [1.165, 1.54) is 18.3 Å². The van der Waals surface area contributed by atoms with Crippen molar-refractivity contribution >= 4 is 17.8 Å². The van der Waals surface area contributed by atoms with Crippen molar-refractivity contribution in [2.45, 2.75) is 26.1 Å². The van der Waals surface area contributed by atoms with Crippen LogP contribution >= 0.6 is 0 Å². The first-order valence-corrected chi connectivity index (χ1v) is 10.9. The third-order valence-corrected chi connectivity index (χ3v) is 4.94. The lowest BCUT2D eigenvalue weighted by Gasteiger charge is -2.12. The molecule has 0 aromatic heterocycles. The van der Waals surface area contributed by atoms with Crippen LogP contribution in [0.5, 0.6) is 11.5 Å². The number of rotatable bonds is 10. The number of nitrogens with one attached hydrogen (secondary N) is 1. The van der Waals surface area contributed by atoms with Crippen molar-refractivity contribution in [1.29, 1.82) is 0 Å². The molecule has 1 N–H and O–H groups in total. The van der Waals surface area contributed by atoms with Gasteiger partial charge in [-0.1, -0.05) is 18.2 Å². The number of nitrogens with zero attached hydrogens (tertiary/aromatic N) is 2. The largest absolute Gasteiger partial charge is 0.490 e. The molecule has 3 aromatic rings. The van der Waals surface area contributed by atoms with Gasteiger partial charge in [0.2, 0.25) is 5.91 Å². The van der Waals surface area contributed by atoms with Crippen LogP contribution in [-0.2, 0) is 24.0 Å². The second-order valence-electron chi connectivity index (χ2n) is 7.62. The Kier molecular flexibility index (Phi) is 8.77. The Labute approximate surface area is 208 Å². The number of nitro benzene ring substituents is 1. The average Bonchev–Trinajstić information content (AvgIpc) is 2.84. The summed E-state index contributed by atoms with van der Waals surface area (Å²) >= 11 is 0. The molecule has 0 radical (unpaired) electrons. The highest BCUT2D eigenvalue weighted by Crippen LogP contribution is 2.33. The number of amides is 1. The van der Waals surface area contributed by atoms with Crippen LogP contribution in [0.4, 0.5) is 23.2 Å². The number of nitro groups is 1. The molecule has 1 amide bonds. The van der Waals surface area contributed by atoms with Crippen LogP contribution in [0, 0.1) is 15.9 Å². The van der Waals surface area contributed by atoms with Gasteiger partial charge in [0.05, 0.1) is 29.7 Å². The molecule has 3 aromatic carbocycles. The van der Waals surface area contributed by atoms with Crippen molar-refractivity contribution < 1.29 is 36.8 Å². The minimum absolute atomic E-state index is 0.180. The molecular weight excluding hydrogens is 498 g/mol. The van der Waals surface area contributed by atoms with E-state index in [1.807, 2.05) is 0 Å². The molecule has 0 bridgehead atoms. The smallest absolute Gasteiger partial charge is 0.416 e. The van der Waals surface area contributed by atoms with Crippen LogP contribution < -0.4 is 14.9 Å². The van der Waals surface area contributed by atoms with Gasteiger partial charge in [-0.2, -0.15) is 18.3 Å². The fourth-order valence-electron chi connectivity index (χ4n) is 3.19. The summed E-state index contributed by atoms with van der Waals surface area (Å²) in [6.45, 7) is 2.31. The van der Waals surface area contributed by atoms with E-state index in [1.54, 1.807) is 37.3 Å². The Hall–Kier alpha value is -4.48. The van der Waals surface area contributed by atoms with Crippen molar-refractivity contribution in [3.05, 3.63) is 98.8 Å². The number of carbonyl (C=O) groups excluding carboxylic acids is 1. The zero-order chi connectivity index (χ0) is 27.0. The number of ether oxygens (including phenoxy) is 2. The molecule has 3 rings (SSSR count). The molecule has 8 nitrogen and oxygen atoms in total. The monoisotopic (exact) mass is 519 g/mol. The summed E-state index contributed by atoms with van der Waals surface area (Å²) in [6.07, 6.45) is -4.00. The number of hydrazone groups is 1. The third-order valence-electron chi connectivity index (χ3n) is 4.94. The molecule has 0 fully saturated rings. The predicted molar refractivity (Wildman–Crippen MR) is 126 cm³/mol. The highest BCUT2D eigenvalue weighted by molar-refractivity contribution is 5.84. The topological polar surface area (TPSA) is 103 Å². The van der Waals surface area contributed by atoms with E-state index in [9.17, 15) is 32.5 Å². The average molecular weight is 519 g/mol. The lowest BCUT2D eigenvalue weighted by atomic mass is 10.1. The molecule has 0 heterocycles. The number of hydrogen-bond donors (Lipinski definition) is 1. The van der Waals surface area contributed by atoms with E-state index >= 15 is 0 Å². The first-order valence-electron chi connectivity index (χ1n) is 10.9. The maximum atomic E-state index is 13.1. The molecule has 37 heavy (non-hydrogen) atoms. The lowest BCUT2D eigenvalue weighted by Crippen LogP contribution is -2.20. The van der Waals surface area contributed by atoms with Crippen LogP contribution in [0.1, 0.15) is 29.2 Å². The number of halogens is 4. The van der Waals surface area contributed by atoms with Gasteiger partial charge in [0.15, 0.2) is 11.5 Å². The Morgan fingerprint density at radius 3 is 2.43 bits per heavy atom. The maximum Gasteiger partial charge on any atom is 0.416 e. The standard InChI is InChI=1S/C25H21F4N3O5/c1-2-36-23-11-17(5-10-22(23)37-15-16-3-8-20(26)9-4-16)14-30-31-24(33)12-18-6-7-19(25(27,28)29)13-21(18)32(34)35/h3-11,13-14H,2,12,15H2,1H3,(H,31,33). The summed E-state index contributed by atoms with van der Waals surface area (Å²) in [5.74, 6) is -0.280. The molecule has 0 aliphatic rings. The second-order valence-corrected chi connectivity index (χ2v) is 7.62. The Bertz CT molecular complexity index is 1290. The highest BCUT2D eigenvalue weighted by Gasteiger charge is 2.33. The van der Waals surface area contributed by atoms with Crippen LogP contribution in [0.3, 0.4) is 0 Å². The van der Waals surface area contributed by atoms with Crippen LogP contribution in [0.25, 0.3) is 0 Å². The van der Waals surface area contributed by atoms with Crippen LogP contribution in [-0.4, -0.2) is 23.7 Å². The molecule has 0 aliphatic carbocycles. The summed E-state index contributed by atoms with van der Waals surface area (Å²) in [5.41, 5.74) is 1.29. The zero-order valence-corrected chi connectivity index (χ0v) is 19.4. The minimum Gasteiger partial charge on any atom is -0.490 e. The van der Waals surface area contributed by atoms with E-state index in [4.69, 9.17) is 9.47 Å². The summed E-state index contributed by atoms with van der Waals surface area (Å²) < 4.78 is 62.9. The van der Waals surface area contributed by atoms with Gasteiger partial charge in [0, 0.05) is 11.6 Å². The number of carbonyl (C=O) groups is 1. The molecule has 0 saturated carbocycles. The lowest BCUT2D eigenvalue weighted by molar-refractivity contribution is -0.385. The Morgan fingerprint density at radius 2 is 1.78 bits per heavy atom. The number of hydrogen-bond acceptors (Lipinski definition) is 6. The quantitative estimate of drug-likeness (QED) is 0.167. The molecule has 12 heteroatoms. The van der Waals surface area contributed by atoms with Gasteiger partial charge >= 0.3 is 6.18 Å². The van der Waals surface area contributed by atoms with E-state index < -0.39 is 34.7 Å². The molecule has 0 saturated heterocycles. The van der Waals surface area contributed by atoms with Crippen molar-refractivity contribution in [3.8, 4) is 11.5 Å². The maximum absolute atomic E-state index is 13.1. The third kappa shape index (κ3) is 7.75. The SMILES string of the molecule is CCOc1cc(C=NNC(=O)Cc2ccc(C(F)(F)F)cc2[N+](=O)[O-])ccc1OCc1ccc(F)cc1. The molecular formula is C25H21F4N3O5. The van der Waals surface area contributed by atoms with Gasteiger partial charge in [0.25, 0.3) is 5.69 Å². The second kappa shape index (κ2) is 12.0. The number of benzene rings is 3. The molecule has 0 spiro atoms. The van der Waals surface area contributed by atoms with E-state index in [2.05, 4.69) is 10.5 Å². The molecule has 0 aliphatic heterocycles. The molecule has 0 unspecified atom stereocenters. The fourth-order valence-corrected chi connectivity index (χ4v) is 3.19. The predicted octanol–water partition coefficient (Wildman–Crippen LogP) is 5.42.